The van der Waals surface area contributed by atoms with E-state index < -0.39 is 0 Å². The van der Waals surface area contributed by atoms with Crippen LogP contribution in [-0.4, -0.2) is 14.5 Å². The molecule has 2 aromatic heterocycles. The van der Waals surface area contributed by atoms with Gasteiger partial charge in [0, 0.05) is 23.7 Å². The van der Waals surface area contributed by atoms with E-state index in [1.807, 2.05) is 6.07 Å². The Hall–Kier alpha value is -2.19. The third-order valence-electron chi connectivity index (χ3n) is 3.27. The zero-order valence-corrected chi connectivity index (χ0v) is 11.3. The largest absolute Gasteiger partial charge is 0.292 e. The van der Waals surface area contributed by atoms with Crippen LogP contribution < -0.4 is 5.56 Å². The lowest BCUT2D eigenvalue weighted by atomic mass is 10.2. The average molecular weight is 287 g/mol. The second-order valence-corrected chi connectivity index (χ2v) is 5.15. The molecule has 2 aromatic rings. The summed E-state index contributed by atoms with van der Waals surface area (Å²) in [4.78, 5) is 20.4. The Morgan fingerprint density at radius 3 is 3.00 bits per heavy atom. The summed E-state index contributed by atoms with van der Waals surface area (Å²) < 4.78 is 1.58. The molecule has 0 aromatic carbocycles. The summed E-state index contributed by atoms with van der Waals surface area (Å²) in [5.41, 5.74) is 0.846. The van der Waals surface area contributed by atoms with Crippen molar-refractivity contribution in [1.29, 1.82) is 5.26 Å². The fourth-order valence-electron chi connectivity index (χ4n) is 2.14. The first kappa shape index (κ1) is 12.8. The van der Waals surface area contributed by atoms with Crippen molar-refractivity contribution in [3.63, 3.8) is 0 Å². The number of hydrogen-bond acceptors (Lipinski definition) is 4. The molecule has 0 atom stereocenters. The van der Waals surface area contributed by atoms with E-state index >= 15 is 0 Å². The highest BCUT2D eigenvalue weighted by Gasteiger charge is 2.29. The minimum absolute atomic E-state index is 0.195. The molecule has 0 spiro atoms. The van der Waals surface area contributed by atoms with Crippen molar-refractivity contribution in [3.05, 3.63) is 57.0 Å². The van der Waals surface area contributed by atoms with Crippen molar-refractivity contribution in [2.24, 2.45) is 0 Å². The Bertz CT molecular complexity index is 758. The number of nitriles is 1. The molecule has 0 saturated heterocycles. The van der Waals surface area contributed by atoms with E-state index in [-0.39, 0.29) is 10.7 Å². The van der Waals surface area contributed by atoms with Gasteiger partial charge in [-0.2, -0.15) is 5.26 Å². The van der Waals surface area contributed by atoms with Gasteiger partial charge in [-0.05, 0) is 18.9 Å². The van der Waals surface area contributed by atoms with E-state index in [0.29, 0.717) is 29.5 Å². The van der Waals surface area contributed by atoms with Gasteiger partial charge in [0.05, 0.1) is 6.54 Å². The Morgan fingerprint density at radius 1 is 1.50 bits per heavy atom. The molecule has 5 nitrogen and oxygen atoms in total. The van der Waals surface area contributed by atoms with Crippen molar-refractivity contribution in [1.82, 2.24) is 14.5 Å². The third kappa shape index (κ3) is 2.43. The number of pyridine rings is 1. The van der Waals surface area contributed by atoms with Gasteiger partial charge in [-0.15, -0.1) is 0 Å². The lowest BCUT2D eigenvalue weighted by Crippen LogP contribution is -2.25. The summed E-state index contributed by atoms with van der Waals surface area (Å²) >= 11 is 5.87. The van der Waals surface area contributed by atoms with E-state index in [1.165, 1.54) is 6.07 Å². The normalized spacial score (nSPS) is 14.0. The Morgan fingerprint density at radius 2 is 2.30 bits per heavy atom. The number of halogens is 1. The molecule has 0 radical (unpaired) electrons. The van der Waals surface area contributed by atoms with Crippen LogP contribution in [0.5, 0.6) is 0 Å². The zero-order valence-electron chi connectivity index (χ0n) is 10.6. The summed E-state index contributed by atoms with van der Waals surface area (Å²) in [7, 11) is 0. The molecule has 0 N–H and O–H groups in total. The van der Waals surface area contributed by atoms with Crippen LogP contribution in [0.15, 0.2) is 29.2 Å². The molecular formula is C14H11ClN4O. The summed E-state index contributed by atoms with van der Waals surface area (Å²) in [5, 5.41) is 9.29. The number of aromatic nitrogens is 3. The van der Waals surface area contributed by atoms with Gasteiger partial charge in [-0.25, -0.2) is 9.97 Å². The molecule has 6 heteroatoms. The minimum atomic E-state index is -0.195. The third-order valence-corrected chi connectivity index (χ3v) is 3.47. The van der Waals surface area contributed by atoms with E-state index in [0.717, 1.165) is 12.8 Å². The standard InChI is InChI=1S/C14H11ClN4O/c15-12-6-13(20)19(14(18-12)9-3-4-9)8-10-2-1-5-17-11(10)7-16/h1-2,5-6,9H,3-4,8H2. The predicted molar refractivity (Wildman–Crippen MR) is 73.5 cm³/mol. The van der Waals surface area contributed by atoms with Crippen molar-refractivity contribution in [2.45, 2.75) is 25.3 Å². The molecular weight excluding hydrogens is 276 g/mol. The van der Waals surface area contributed by atoms with Crippen molar-refractivity contribution in [3.8, 4) is 6.07 Å². The van der Waals surface area contributed by atoms with E-state index in [1.54, 1.807) is 22.9 Å². The summed E-state index contributed by atoms with van der Waals surface area (Å²) in [5.74, 6) is 0.999. The quantitative estimate of drug-likeness (QED) is 0.810. The van der Waals surface area contributed by atoms with Gasteiger partial charge in [-0.1, -0.05) is 17.7 Å². The summed E-state index contributed by atoms with van der Waals surface area (Å²) in [6, 6.07) is 6.89. The highest BCUT2D eigenvalue weighted by Crippen LogP contribution is 2.38. The van der Waals surface area contributed by atoms with Gasteiger partial charge >= 0.3 is 0 Å². The SMILES string of the molecule is N#Cc1ncccc1Cn1c(C2CC2)nc(Cl)cc1=O. The smallest absolute Gasteiger partial charge is 0.255 e. The molecule has 100 valence electrons. The first-order valence-corrected chi connectivity index (χ1v) is 6.68. The van der Waals surface area contributed by atoms with E-state index in [2.05, 4.69) is 9.97 Å². The van der Waals surface area contributed by atoms with Gasteiger partial charge < -0.3 is 0 Å². The van der Waals surface area contributed by atoms with Gasteiger partial charge in [0.2, 0.25) is 0 Å². The van der Waals surface area contributed by atoms with Crippen LogP contribution in [0.25, 0.3) is 0 Å². The monoisotopic (exact) mass is 286 g/mol. The first-order chi connectivity index (χ1) is 9.69. The maximum Gasteiger partial charge on any atom is 0.255 e. The molecule has 0 amide bonds. The van der Waals surface area contributed by atoms with Gasteiger partial charge in [0.25, 0.3) is 5.56 Å². The molecule has 0 unspecified atom stereocenters. The molecule has 1 aliphatic carbocycles. The molecule has 3 rings (SSSR count). The Labute approximate surface area is 120 Å². The topological polar surface area (TPSA) is 71.6 Å². The maximum absolute atomic E-state index is 12.1. The second kappa shape index (κ2) is 5.06. The highest BCUT2D eigenvalue weighted by molar-refractivity contribution is 6.29. The fourth-order valence-corrected chi connectivity index (χ4v) is 2.32. The van der Waals surface area contributed by atoms with Crippen LogP contribution in [-0.2, 0) is 6.54 Å². The molecule has 0 aliphatic heterocycles. The van der Waals surface area contributed by atoms with E-state index in [9.17, 15) is 4.79 Å². The number of rotatable bonds is 3. The van der Waals surface area contributed by atoms with Crippen LogP contribution in [0.2, 0.25) is 5.15 Å². The first-order valence-electron chi connectivity index (χ1n) is 6.30. The second-order valence-electron chi connectivity index (χ2n) is 4.76. The maximum atomic E-state index is 12.1. The van der Waals surface area contributed by atoms with Gasteiger partial charge in [0.15, 0.2) is 0 Å². The van der Waals surface area contributed by atoms with Gasteiger partial charge in [0.1, 0.15) is 22.7 Å². The van der Waals surface area contributed by atoms with Crippen LogP contribution in [0.4, 0.5) is 0 Å². The van der Waals surface area contributed by atoms with Crippen LogP contribution >= 0.6 is 11.6 Å². The predicted octanol–water partition coefficient (Wildman–Crippen LogP) is 2.09. The number of nitrogens with zero attached hydrogens (tertiary/aromatic N) is 4. The van der Waals surface area contributed by atoms with Crippen molar-refractivity contribution >= 4 is 11.6 Å². The fraction of sp³-hybridized carbons (Fsp3) is 0.286. The summed E-state index contributed by atoms with van der Waals surface area (Å²) in [6.07, 6.45) is 3.60. The molecule has 1 fully saturated rings. The Kier molecular flexibility index (Phi) is 3.25. The van der Waals surface area contributed by atoms with Crippen molar-refractivity contribution < 1.29 is 0 Å². The van der Waals surface area contributed by atoms with Crippen molar-refractivity contribution in [2.75, 3.05) is 0 Å². The lowest BCUT2D eigenvalue weighted by Gasteiger charge is -2.12. The Balaban J connectivity index is 2.07. The molecule has 1 saturated carbocycles. The molecule has 2 heterocycles. The average Bonchev–Trinajstić information content (AvgIpc) is 3.26. The van der Waals surface area contributed by atoms with E-state index in [4.69, 9.17) is 16.9 Å². The molecule has 0 bridgehead atoms. The number of hydrogen-bond donors (Lipinski definition) is 0. The molecule has 20 heavy (non-hydrogen) atoms. The zero-order chi connectivity index (χ0) is 14.1. The van der Waals surface area contributed by atoms with Crippen LogP contribution in [0.1, 0.15) is 35.8 Å². The van der Waals surface area contributed by atoms with Crippen LogP contribution in [0, 0.1) is 11.3 Å². The minimum Gasteiger partial charge on any atom is -0.292 e. The lowest BCUT2D eigenvalue weighted by molar-refractivity contribution is 0.667. The van der Waals surface area contributed by atoms with Gasteiger partial charge in [-0.3, -0.25) is 9.36 Å². The van der Waals surface area contributed by atoms with Crippen LogP contribution in [0.3, 0.4) is 0 Å². The highest BCUT2D eigenvalue weighted by atomic mass is 35.5. The molecule has 1 aliphatic rings. The summed E-state index contributed by atoms with van der Waals surface area (Å²) in [6.45, 7) is 0.297.